The van der Waals surface area contributed by atoms with Gasteiger partial charge in [0.1, 0.15) is 0 Å². The Hall–Kier alpha value is -3.98. The number of hydrogen-bond donors (Lipinski definition) is 2. The Kier molecular flexibility index (Phi) is 13.8. The molecule has 162 valence electrons. The predicted molar refractivity (Wildman–Crippen MR) is 123 cm³/mol. The van der Waals surface area contributed by atoms with Crippen molar-refractivity contribution in [1.29, 1.82) is 5.26 Å². The number of nitrogens with one attached hydrogen (secondary N) is 1. The molecule has 31 heavy (non-hydrogen) atoms. The van der Waals surface area contributed by atoms with Gasteiger partial charge in [0.25, 0.3) is 5.91 Å². The van der Waals surface area contributed by atoms with Gasteiger partial charge >= 0.3 is 5.97 Å². The van der Waals surface area contributed by atoms with E-state index in [0.29, 0.717) is 12.0 Å². The normalized spacial score (nSPS) is 11.3. The number of carbonyl (C=O) groups excluding carboxylic acids is 2. The van der Waals surface area contributed by atoms with Crippen LogP contribution in [-0.2, 0) is 14.4 Å². The van der Waals surface area contributed by atoms with Gasteiger partial charge in [-0.05, 0) is 49.1 Å². The zero-order chi connectivity index (χ0) is 23.6. The number of benzene rings is 1. The first-order valence-electron chi connectivity index (χ1n) is 9.66. The molecule has 0 bridgehead atoms. The summed E-state index contributed by atoms with van der Waals surface area (Å²) in [4.78, 5) is 34.3. The minimum absolute atomic E-state index is 0.0535. The standard InChI is InChI=1S/C17H20N2O4.C8H8/c1-4-6-8-13(14(17(22)23)9-7-10-18)11-12(3)16(21)19-15(20)5-2;1-2-8-6-4-3-5-7-8/h5,7,9,11H,2,4,6,8H2,1,3H3,(H,22,23)(H,19,20,21);2-7H,1H2. The number of imide groups is 1. The van der Waals surface area contributed by atoms with Gasteiger partial charge in [0.15, 0.2) is 0 Å². The number of amides is 2. The van der Waals surface area contributed by atoms with Crippen LogP contribution in [0.2, 0.25) is 0 Å². The molecule has 0 saturated heterocycles. The quantitative estimate of drug-likeness (QED) is 0.341. The van der Waals surface area contributed by atoms with Gasteiger partial charge in [-0.1, -0.05) is 62.9 Å². The van der Waals surface area contributed by atoms with E-state index in [9.17, 15) is 19.5 Å². The number of carboxylic acids is 1. The first kappa shape index (κ1) is 27.0. The number of aliphatic carboxylic acids is 1. The van der Waals surface area contributed by atoms with Crippen LogP contribution < -0.4 is 5.32 Å². The Morgan fingerprint density at radius 3 is 2.29 bits per heavy atom. The monoisotopic (exact) mass is 420 g/mol. The lowest BCUT2D eigenvalue weighted by molar-refractivity contribution is -0.132. The van der Waals surface area contributed by atoms with Crippen LogP contribution in [0.1, 0.15) is 38.7 Å². The molecule has 0 heterocycles. The first-order chi connectivity index (χ1) is 14.8. The maximum absolute atomic E-state index is 11.8. The van der Waals surface area contributed by atoms with Crippen molar-refractivity contribution in [1.82, 2.24) is 5.32 Å². The van der Waals surface area contributed by atoms with Gasteiger partial charge in [-0.15, -0.1) is 0 Å². The number of carboxylic acid groups (broad SMARTS) is 1. The first-order valence-corrected chi connectivity index (χ1v) is 9.66. The van der Waals surface area contributed by atoms with E-state index < -0.39 is 17.8 Å². The van der Waals surface area contributed by atoms with E-state index >= 15 is 0 Å². The summed E-state index contributed by atoms with van der Waals surface area (Å²) >= 11 is 0. The zero-order valence-corrected chi connectivity index (χ0v) is 17.9. The van der Waals surface area contributed by atoms with Crippen molar-refractivity contribution in [2.45, 2.75) is 33.1 Å². The molecular formula is C25H28N2O4. The lowest BCUT2D eigenvalue weighted by atomic mass is 9.99. The third-order valence-corrected chi connectivity index (χ3v) is 3.91. The van der Waals surface area contributed by atoms with E-state index in [0.717, 1.165) is 25.0 Å². The van der Waals surface area contributed by atoms with Crippen LogP contribution in [0.5, 0.6) is 0 Å². The van der Waals surface area contributed by atoms with Crippen molar-refractivity contribution in [3.05, 3.63) is 90.1 Å². The summed E-state index contributed by atoms with van der Waals surface area (Å²) in [5.41, 5.74) is 1.73. The van der Waals surface area contributed by atoms with E-state index in [-0.39, 0.29) is 11.1 Å². The summed E-state index contributed by atoms with van der Waals surface area (Å²) in [6.07, 6.45) is 8.50. The Labute approximate surface area is 183 Å². The highest BCUT2D eigenvalue weighted by Gasteiger charge is 2.13. The summed E-state index contributed by atoms with van der Waals surface area (Å²) in [6.45, 7) is 10.3. The van der Waals surface area contributed by atoms with E-state index in [1.165, 1.54) is 24.6 Å². The molecule has 1 aromatic rings. The van der Waals surface area contributed by atoms with Crippen molar-refractivity contribution in [2.24, 2.45) is 0 Å². The number of unbranched alkanes of at least 4 members (excludes halogenated alkanes) is 1. The van der Waals surface area contributed by atoms with E-state index in [4.69, 9.17) is 5.26 Å². The van der Waals surface area contributed by atoms with Crippen LogP contribution >= 0.6 is 0 Å². The highest BCUT2D eigenvalue weighted by atomic mass is 16.4. The number of hydrogen-bond acceptors (Lipinski definition) is 4. The number of allylic oxidation sites excluding steroid dienone is 3. The van der Waals surface area contributed by atoms with Gasteiger partial charge in [-0.3, -0.25) is 14.9 Å². The summed E-state index contributed by atoms with van der Waals surface area (Å²) < 4.78 is 0. The van der Waals surface area contributed by atoms with Crippen LogP contribution in [-0.4, -0.2) is 22.9 Å². The predicted octanol–water partition coefficient (Wildman–Crippen LogP) is 4.74. The summed E-state index contributed by atoms with van der Waals surface area (Å²) in [6, 6.07) is 11.8. The van der Waals surface area contributed by atoms with Crippen LogP contribution in [0.25, 0.3) is 6.08 Å². The van der Waals surface area contributed by atoms with Gasteiger partial charge < -0.3 is 5.11 Å². The molecule has 0 unspecified atom stereocenters. The molecule has 6 nitrogen and oxygen atoms in total. The molecule has 0 aliphatic rings. The Morgan fingerprint density at radius 2 is 1.84 bits per heavy atom. The fourth-order valence-electron chi connectivity index (χ4n) is 2.27. The third-order valence-electron chi connectivity index (χ3n) is 3.91. The Balaban J connectivity index is 0.000000929. The summed E-state index contributed by atoms with van der Waals surface area (Å²) in [7, 11) is 0. The van der Waals surface area contributed by atoms with Gasteiger partial charge in [0, 0.05) is 11.6 Å². The van der Waals surface area contributed by atoms with E-state index in [1.54, 1.807) is 6.07 Å². The highest BCUT2D eigenvalue weighted by Crippen LogP contribution is 2.18. The molecule has 0 aliphatic carbocycles. The van der Waals surface area contributed by atoms with E-state index in [2.05, 4.69) is 18.5 Å². The minimum atomic E-state index is -1.19. The molecule has 2 amide bonds. The van der Waals surface area contributed by atoms with Crippen molar-refractivity contribution >= 4 is 23.9 Å². The van der Waals surface area contributed by atoms with Crippen LogP contribution in [0, 0.1) is 11.3 Å². The molecule has 1 rings (SSSR count). The number of nitrogens with zero attached hydrogens (tertiary/aromatic N) is 1. The lowest BCUT2D eigenvalue weighted by Crippen LogP contribution is -2.29. The van der Waals surface area contributed by atoms with Crippen molar-refractivity contribution in [3.63, 3.8) is 0 Å². The molecule has 0 aliphatic heterocycles. The average molecular weight is 421 g/mol. The molecule has 6 heteroatoms. The topological polar surface area (TPSA) is 107 Å². The Bertz CT molecular complexity index is 917. The summed E-state index contributed by atoms with van der Waals surface area (Å²) in [5.74, 6) is -2.45. The Morgan fingerprint density at radius 1 is 1.19 bits per heavy atom. The lowest BCUT2D eigenvalue weighted by Gasteiger charge is -2.08. The highest BCUT2D eigenvalue weighted by molar-refractivity contribution is 6.07. The smallest absolute Gasteiger partial charge is 0.335 e. The third kappa shape index (κ3) is 11.6. The molecule has 0 atom stereocenters. The fourth-order valence-corrected chi connectivity index (χ4v) is 2.27. The average Bonchev–Trinajstić information content (AvgIpc) is 2.77. The van der Waals surface area contributed by atoms with Crippen LogP contribution in [0.3, 0.4) is 0 Å². The molecular weight excluding hydrogens is 392 g/mol. The maximum atomic E-state index is 11.8. The SMILES string of the molecule is C=CC(=O)NC(=O)C(C)=CC(CCCC)=C(C=CC#N)C(=O)O.C=Cc1ccccc1. The van der Waals surface area contributed by atoms with Crippen LogP contribution in [0.4, 0.5) is 0 Å². The van der Waals surface area contributed by atoms with Crippen molar-refractivity contribution in [2.75, 3.05) is 0 Å². The largest absolute Gasteiger partial charge is 0.478 e. The van der Waals surface area contributed by atoms with Gasteiger partial charge in [0.05, 0.1) is 11.6 Å². The molecule has 0 aromatic heterocycles. The second kappa shape index (κ2) is 15.9. The zero-order valence-electron chi connectivity index (χ0n) is 17.9. The molecule has 0 spiro atoms. The molecule has 0 radical (unpaired) electrons. The number of carbonyl (C=O) groups is 3. The van der Waals surface area contributed by atoms with Crippen molar-refractivity contribution < 1.29 is 19.5 Å². The van der Waals surface area contributed by atoms with Gasteiger partial charge in [-0.25, -0.2) is 4.79 Å². The van der Waals surface area contributed by atoms with Gasteiger partial charge in [-0.2, -0.15) is 5.26 Å². The molecule has 2 N–H and O–H groups in total. The number of rotatable bonds is 9. The summed E-state index contributed by atoms with van der Waals surface area (Å²) in [5, 5.41) is 20.0. The van der Waals surface area contributed by atoms with Crippen molar-refractivity contribution in [3.8, 4) is 6.07 Å². The maximum Gasteiger partial charge on any atom is 0.335 e. The molecule has 1 aromatic carbocycles. The fraction of sp³-hybridized carbons (Fsp3) is 0.200. The van der Waals surface area contributed by atoms with Crippen LogP contribution in [0.15, 0.2) is 84.5 Å². The molecule has 0 fully saturated rings. The minimum Gasteiger partial charge on any atom is -0.478 e. The number of nitriles is 1. The molecule has 0 saturated carbocycles. The van der Waals surface area contributed by atoms with E-state index in [1.807, 2.05) is 43.3 Å². The second-order valence-electron chi connectivity index (χ2n) is 6.27. The van der Waals surface area contributed by atoms with Gasteiger partial charge in [0.2, 0.25) is 5.91 Å². The second-order valence-corrected chi connectivity index (χ2v) is 6.27.